The van der Waals surface area contributed by atoms with Crippen LogP contribution >= 0.6 is 0 Å². The van der Waals surface area contributed by atoms with E-state index in [-0.39, 0.29) is 21.7 Å². The van der Waals surface area contributed by atoms with Gasteiger partial charge in [0.25, 0.3) is 0 Å². The second-order valence-corrected chi connectivity index (χ2v) is 25.3. The lowest BCUT2D eigenvalue weighted by Gasteiger charge is -2.43. The van der Waals surface area contributed by atoms with Crippen molar-refractivity contribution in [2.75, 3.05) is 10.2 Å². The van der Waals surface area contributed by atoms with Crippen LogP contribution in [0.4, 0.5) is 28.4 Å². The Labute approximate surface area is 461 Å². The highest BCUT2D eigenvalue weighted by Gasteiger charge is 2.40. The van der Waals surface area contributed by atoms with Gasteiger partial charge in [0, 0.05) is 61.4 Å². The van der Waals surface area contributed by atoms with E-state index in [9.17, 15) is 0 Å². The summed E-state index contributed by atoms with van der Waals surface area (Å²) in [6.07, 6.45) is 4.64. The van der Waals surface area contributed by atoms with Crippen LogP contribution in [0.1, 0.15) is 103 Å². The molecular formula is C74H67BN3. The van der Waals surface area contributed by atoms with Crippen molar-refractivity contribution in [2.24, 2.45) is 0 Å². The van der Waals surface area contributed by atoms with Crippen LogP contribution in [0, 0.1) is 0 Å². The van der Waals surface area contributed by atoms with Gasteiger partial charge in [-0.15, -0.1) is 0 Å². The zero-order chi connectivity index (χ0) is 53.3. The molecule has 3 nitrogen and oxygen atoms in total. The predicted octanol–water partition coefficient (Wildman–Crippen LogP) is 18.8. The molecule has 14 rings (SSSR count). The minimum atomic E-state index is 0.0316. The average Bonchev–Trinajstić information content (AvgIpc) is 3.96. The number of aromatic nitrogens is 1. The Bertz CT molecular complexity index is 4140. The van der Waals surface area contributed by atoms with E-state index >= 15 is 0 Å². The van der Waals surface area contributed by atoms with Gasteiger partial charge in [-0.1, -0.05) is 200 Å². The molecule has 0 unspecified atom stereocenters. The third kappa shape index (κ3) is 7.77. The first-order valence-electron chi connectivity index (χ1n) is 28.3. The van der Waals surface area contributed by atoms with Gasteiger partial charge in [0.2, 0.25) is 0 Å². The number of anilines is 5. The minimum Gasteiger partial charge on any atom is -0.355 e. The van der Waals surface area contributed by atoms with Crippen LogP contribution in [0.25, 0.3) is 71.6 Å². The summed E-state index contributed by atoms with van der Waals surface area (Å²) >= 11 is 0. The van der Waals surface area contributed by atoms with Crippen molar-refractivity contribution in [3.8, 4) is 39.1 Å². The zero-order valence-corrected chi connectivity index (χ0v) is 46.4. The molecule has 381 valence electrons. The van der Waals surface area contributed by atoms with Crippen molar-refractivity contribution in [3.63, 3.8) is 0 Å². The van der Waals surface area contributed by atoms with E-state index in [1.54, 1.807) is 0 Å². The monoisotopic (exact) mass is 1010 g/mol. The van der Waals surface area contributed by atoms with Gasteiger partial charge in [-0.2, -0.15) is 0 Å². The molecule has 1 radical (unpaired) electrons. The molecule has 0 saturated carbocycles. The van der Waals surface area contributed by atoms with Gasteiger partial charge in [-0.3, -0.25) is 0 Å². The van der Waals surface area contributed by atoms with Crippen LogP contribution in [0.3, 0.4) is 0 Å². The van der Waals surface area contributed by atoms with Crippen molar-refractivity contribution in [3.05, 3.63) is 229 Å². The zero-order valence-electron chi connectivity index (χ0n) is 46.4. The van der Waals surface area contributed by atoms with Crippen molar-refractivity contribution < 1.29 is 0 Å². The SMILES string of the molecule is CC1(C)CCC(C)(C)c2cc(Nc3ccc(N(c4ccccc4)c4ccccc4)cc3-c3cc(-c4ccc(-c5ccccc5)cc4)c4c5ccc6ccccc6c5n5c4c3[B]c3cc4c(cc3-5)C(C)(C)CCC4(C)C)ccc21. The summed E-state index contributed by atoms with van der Waals surface area (Å²) < 4.78 is 2.69. The second-order valence-electron chi connectivity index (χ2n) is 25.3. The summed E-state index contributed by atoms with van der Waals surface area (Å²) in [7, 11) is 2.56. The Balaban J connectivity index is 1.10. The first-order chi connectivity index (χ1) is 37.6. The molecule has 4 heteroatoms. The number of para-hydroxylation sites is 2. The number of nitrogens with one attached hydrogen (secondary N) is 1. The van der Waals surface area contributed by atoms with Crippen LogP contribution in [-0.2, 0) is 21.7 Å². The molecule has 10 aromatic carbocycles. The van der Waals surface area contributed by atoms with Crippen LogP contribution < -0.4 is 21.1 Å². The van der Waals surface area contributed by atoms with Gasteiger partial charge in [-0.05, 0) is 175 Å². The second kappa shape index (κ2) is 17.7. The molecule has 0 atom stereocenters. The third-order valence-corrected chi connectivity index (χ3v) is 18.5. The van der Waals surface area contributed by atoms with Crippen LogP contribution in [-0.4, -0.2) is 11.8 Å². The molecule has 0 bridgehead atoms. The Morgan fingerprint density at radius 2 is 0.974 bits per heavy atom. The molecule has 0 amide bonds. The molecule has 1 aromatic heterocycles. The molecule has 1 aliphatic heterocycles. The fourth-order valence-electron chi connectivity index (χ4n) is 13.8. The van der Waals surface area contributed by atoms with Crippen molar-refractivity contribution >= 4 is 79.2 Å². The summed E-state index contributed by atoms with van der Waals surface area (Å²) in [6, 6.07) is 77.5. The summed E-state index contributed by atoms with van der Waals surface area (Å²) in [5.41, 5.74) is 25.0. The van der Waals surface area contributed by atoms with E-state index in [1.165, 1.54) is 106 Å². The summed E-state index contributed by atoms with van der Waals surface area (Å²) in [4.78, 5) is 2.41. The number of hydrogen-bond acceptors (Lipinski definition) is 2. The number of hydrogen-bond donors (Lipinski definition) is 1. The summed E-state index contributed by atoms with van der Waals surface area (Å²) in [5, 5.41) is 9.19. The van der Waals surface area contributed by atoms with E-state index in [0.717, 1.165) is 53.3 Å². The molecule has 0 fully saturated rings. The molecular weight excluding hydrogens is 942 g/mol. The predicted molar refractivity (Wildman–Crippen MR) is 335 cm³/mol. The lowest BCUT2D eigenvalue weighted by molar-refractivity contribution is 0.332. The van der Waals surface area contributed by atoms with E-state index < -0.39 is 0 Å². The van der Waals surface area contributed by atoms with E-state index in [4.69, 9.17) is 0 Å². The maximum atomic E-state index is 4.14. The standard InChI is InChI=1S/C74H67BN3/c1-71(2)38-39-72(3,4)61-42-51(33-36-60(61)71)76-65-37-34-54(77(52-23-14-10-15-24-52)53-25-16-11-17-26-53)43-58(65)59-44-57(50-30-28-48(29-31-50)47-20-12-9-13-21-47)67-56-35-32-49-22-18-19-27-55(49)69(56)78-66-46-63-62(45-64(66)75-68(59)70(67)78)73(5,6)40-41-74(63,7)8/h9-37,42-46,76H,38-41H2,1-8H3. The average molecular weight is 1010 g/mol. The highest BCUT2D eigenvalue weighted by molar-refractivity contribution is 6.73. The van der Waals surface area contributed by atoms with E-state index in [1.807, 2.05) is 0 Å². The fourth-order valence-corrected chi connectivity index (χ4v) is 13.8. The van der Waals surface area contributed by atoms with Crippen LogP contribution in [0.15, 0.2) is 206 Å². The number of benzene rings is 10. The maximum Gasteiger partial charge on any atom is 0.197 e. The molecule has 0 spiro atoms. The third-order valence-electron chi connectivity index (χ3n) is 18.5. The highest BCUT2D eigenvalue weighted by atomic mass is 15.1. The molecule has 11 aromatic rings. The fraction of sp³-hybridized carbons (Fsp3) is 0.216. The first-order valence-corrected chi connectivity index (χ1v) is 28.3. The summed E-state index contributed by atoms with van der Waals surface area (Å²) in [6.45, 7) is 19.5. The van der Waals surface area contributed by atoms with Gasteiger partial charge < -0.3 is 14.8 Å². The number of fused-ring (bicyclic) bond motifs is 9. The Kier molecular flexibility index (Phi) is 11.0. The quantitative estimate of drug-likeness (QED) is 0.153. The maximum absolute atomic E-state index is 4.14. The lowest BCUT2D eigenvalue weighted by atomic mass is 9.55. The van der Waals surface area contributed by atoms with Gasteiger partial charge in [0.15, 0.2) is 7.28 Å². The Hall–Kier alpha value is -8.08. The van der Waals surface area contributed by atoms with Crippen molar-refractivity contribution in [1.82, 2.24) is 4.57 Å². The smallest absolute Gasteiger partial charge is 0.197 e. The van der Waals surface area contributed by atoms with Crippen molar-refractivity contribution in [1.29, 1.82) is 0 Å². The van der Waals surface area contributed by atoms with E-state index in [2.05, 4.69) is 284 Å². The van der Waals surface area contributed by atoms with Gasteiger partial charge in [0.1, 0.15) is 0 Å². The molecule has 1 N–H and O–H groups in total. The number of rotatable bonds is 8. The Morgan fingerprint density at radius 1 is 0.410 bits per heavy atom. The molecule has 78 heavy (non-hydrogen) atoms. The topological polar surface area (TPSA) is 20.2 Å². The first kappa shape index (κ1) is 48.3. The van der Waals surface area contributed by atoms with Crippen LogP contribution in [0.2, 0.25) is 0 Å². The largest absolute Gasteiger partial charge is 0.355 e. The van der Waals surface area contributed by atoms with Crippen LogP contribution in [0.5, 0.6) is 0 Å². The number of nitrogens with zero attached hydrogens (tertiary/aromatic N) is 2. The Morgan fingerprint density at radius 3 is 1.64 bits per heavy atom. The van der Waals surface area contributed by atoms with Gasteiger partial charge >= 0.3 is 0 Å². The molecule has 3 aliphatic rings. The minimum absolute atomic E-state index is 0.0316. The lowest BCUT2D eigenvalue weighted by Crippen LogP contribution is -2.41. The summed E-state index contributed by atoms with van der Waals surface area (Å²) in [5.74, 6) is 0. The molecule has 2 aliphatic carbocycles. The molecule has 0 saturated heterocycles. The van der Waals surface area contributed by atoms with Crippen molar-refractivity contribution in [2.45, 2.75) is 103 Å². The van der Waals surface area contributed by atoms with E-state index in [0.29, 0.717) is 0 Å². The highest BCUT2D eigenvalue weighted by Crippen LogP contribution is 2.51. The molecule has 2 heterocycles. The van der Waals surface area contributed by atoms with Gasteiger partial charge in [-0.25, -0.2) is 0 Å². The normalized spacial score (nSPS) is 16.3. The van der Waals surface area contributed by atoms with Gasteiger partial charge in [0.05, 0.1) is 5.52 Å².